The van der Waals surface area contributed by atoms with Crippen LogP contribution in [0.3, 0.4) is 0 Å². The fraction of sp³-hybridized carbons (Fsp3) is 0.480. The Morgan fingerprint density at radius 1 is 1.40 bits per heavy atom. The van der Waals surface area contributed by atoms with Crippen LogP contribution in [0.4, 0.5) is 9.80 Å². The minimum Gasteiger partial charge on any atom is -0.496 e. The highest BCUT2D eigenvalue weighted by Crippen LogP contribution is 2.37. The Bertz CT molecular complexity index is 1130. The van der Waals surface area contributed by atoms with Crippen molar-refractivity contribution < 1.29 is 28.5 Å². The number of rotatable bonds is 7. The second-order valence-electron chi connectivity index (χ2n) is 8.74. The van der Waals surface area contributed by atoms with E-state index < -0.39 is 6.09 Å². The van der Waals surface area contributed by atoms with E-state index in [1.165, 1.54) is 11.3 Å². The molecule has 0 bridgehead atoms. The summed E-state index contributed by atoms with van der Waals surface area (Å²) in [6, 6.07) is 8.15. The van der Waals surface area contributed by atoms with Gasteiger partial charge in [-0.15, -0.1) is 11.3 Å². The van der Waals surface area contributed by atoms with Crippen molar-refractivity contribution in [3.8, 4) is 11.8 Å². The van der Waals surface area contributed by atoms with Gasteiger partial charge in [0.15, 0.2) is 0 Å². The number of thiophene rings is 1. The molecule has 2 aliphatic rings. The molecule has 2 aliphatic heterocycles. The first-order chi connectivity index (χ1) is 16.9. The summed E-state index contributed by atoms with van der Waals surface area (Å²) in [5.41, 5.74) is 3.43. The van der Waals surface area contributed by atoms with Crippen molar-refractivity contribution in [2.75, 3.05) is 39.0 Å². The smallest absolute Gasteiger partial charge is 0.410 e. The Morgan fingerprint density at radius 3 is 2.94 bits per heavy atom. The third-order valence-electron chi connectivity index (χ3n) is 6.17. The molecule has 0 radical (unpaired) electrons. The molecular weight excluding hydrogens is 470 g/mol. The zero-order chi connectivity index (χ0) is 24.9. The number of nitrogens with zero attached hydrogens (tertiary/aromatic N) is 2. The van der Waals surface area contributed by atoms with Crippen LogP contribution in [0.15, 0.2) is 18.2 Å². The lowest BCUT2D eigenvalue weighted by Crippen LogP contribution is -2.37. The van der Waals surface area contributed by atoms with E-state index in [-0.39, 0.29) is 37.7 Å². The highest BCUT2D eigenvalue weighted by Gasteiger charge is 2.29. The lowest BCUT2D eigenvalue weighted by Gasteiger charge is -2.26. The third-order valence-corrected chi connectivity index (χ3v) is 7.30. The largest absolute Gasteiger partial charge is 0.496 e. The van der Waals surface area contributed by atoms with Gasteiger partial charge < -0.3 is 29.2 Å². The van der Waals surface area contributed by atoms with Gasteiger partial charge in [0.2, 0.25) is 5.91 Å². The first kappa shape index (κ1) is 25.0. The van der Waals surface area contributed by atoms with E-state index in [4.69, 9.17) is 18.9 Å². The predicted octanol–water partition coefficient (Wildman–Crippen LogP) is 3.94. The molecule has 0 aliphatic carbocycles. The minimum atomic E-state index is -0.426. The second kappa shape index (κ2) is 11.1. The summed E-state index contributed by atoms with van der Waals surface area (Å²) in [5, 5.41) is 13.2. The molecule has 10 heteroatoms. The summed E-state index contributed by atoms with van der Waals surface area (Å²) in [6.45, 7) is 5.52. The number of anilines is 1. The van der Waals surface area contributed by atoms with E-state index in [9.17, 15) is 14.9 Å². The topological polar surface area (TPSA) is 110 Å². The number of benzene rings is 1. The van der Waals surface area contributed by atoms with Gasteiger partial charge in [-0.2, -0.15) is 5.26 Å². The quantitative estimate of drug-likeness (QED) is 0.614. The lowest BCUT2D eigenvalue weighted by molar-refractivity contribution is -0.116. The average Bonchev–Trinajstić information content (AvgIpc) is 3.49. The molecule has 2 unspecified atom stereocenters. The third kappa shape index (κ3) is 5.75. The summed E-state index contributed by atoms with van der Waals surface area (Å²) < 4.78 is 21.2. The fourth-order valence-electron chi connectivity index (χ4n) is 4.29. The van der Waals surface area contributed by atoms with E-state index in [1.54, 1.807) is 12.0 Å². The predicted molar refractivity (Wildman–Crippen MR) is 130 cm³/mol. The van der Waals surface area contributed by atoms with Gasteiger partial charge in [-0.3, -0.25) is 4.79 Å². The molecular formula is C25H29N3O6S. The monoisotopic (exact) mass is 499 g/mol. The average molecular weight is 500 g/mol. The molecule has 2 atom stereocenters. The SMILES string of the molecule is COc1ccc(C)cc1C(C)CC(=O)Nc1sc2c(c1C#N)CCN(C(=O)OCC1COCO1)C2. The number of hydrogen-bond acceptors (Lipinski definition) is 8. The zero-order valence-electron chi connectivity index (χ0n) is 20.1. The lowest BCUT2D eigenvalue weighted by atomic mass is 9.95. The number of fused-ring (bicyclic) bond motifs is 1. The van der Waals surface area contributed by atoms with Gasteiger partial charge >= 0.3 is 6.09 Å². The second-order valence-corrected chi connectivity index (χ2v) is 9.85. The van der Waals surface area contributed by atoms with E-state index in [0.717, 1.165) is 27.3 Å². The van der Waals surface area contributed by atoms with Crippen LogP contribution in [-0.2, 0) is 32.0 Å². The molecule has 35 heavy (non-hydrogen) atoms. The molecule has 2 aromatic rings. The van der Waals surface area contributed by atoms with Crippen LogP contribution in [0.2, 0.25) is 0 Å². The van der Waals surface area contributed by atoms with Gasteiger partial charge in [0.05, 0.1) is 25.8 Å². The van der Waals surface area contributed by atoms with Crippen molar-refractivity contribution in [2.24, 2.45) is 0 Å². The molecule has 1 aromatic heterocycles. The van der Waals surface area contributed by atoms with Crippen LogP contribution < -0.4 is 10.1 Å². The van der Waals surface area contributed by atoms with Crippen LogP contribution in [0.5, 0.6) is 5.75 Å². The van der Waals surface area contributed by atoms with Crippen molar-refractivity contribution in [2.45, 2.75) is 45.3 Å². The Kier molecular flexibility index (Phi) is 7.90. The first-order valence-corrected chi connectivity index (χ1v) is 12.3. The number of methoxy groups -OCH3 is 1. The number of hydrogen-bond donors (Lipinski definition) is 1. The van der Waals surface area contributed by atoms with Crippen molar-refractivity contribution >= 4 is 28.3 Å². The Labute approximate surface area is 208 Å². The van der Waals surface area contributed by atoms with Crippen LogP contribution in [0, 0.1) is 18.3 Å². The molecule has 1 aromatic carbocycles. The van der Waals surface area contributed by atoms with E-state index in [1.807, 2.05) is 32.0 Å². The zero-order valence-corrected chi connectivity index (χ0v) is 20.9. The van der Waals surface area contributed by atoms with Crippen molar-refractivity contribution in [3.63, 3.8) is 0 Å². The summed E-state index contributed by atoms with van der Waals surface area (Å²) in [4.78, 5) is 27.9. The normalized spacial score (nSPS) is 17.9. The van der Waals surface area contributed by atoms with Crippen LogP contribution in [-0.4, -0.2) is 56.7 Å². The van der Waals surface area contributed by atoms with Gasteiger partial charge in [0.25, 0.3) is 0 Å². The number of ether oxygens (including phenoxy) is 4. The maximum atomic E-state index is 12.9. The number of amides is 2. The molecule has 9 nitrogen and oxygen atoms in total. The van der Waals surface area contributed by atoms with Crippen molar-refractivity contribution in [3.05, 3.63) is 45.3 Å². The molecule has 0 saturated carbocycles. The first-order valence-electron chi connectivity index (χ1n) is 11.5. The molecule has 1 fully saturated rings. The number of carbonyl (C=O) groups excluding carboxylic acids is 2. The molecule has 1 saturated heterocycles. The van der Waals surface area contributed by atoms with Crippen molar-refractivity contribution in [1.29, 1.82) is 5.26 Å². The van der Waals surface area contributed by atoms with Crippen LogP contribution in [0.25, 0.3) is 0 Å². The van der Waals surface area contributed by atoms with Crippen LogP contribution in [0.1, 0.15) is 46.4 Å². The number of nitrogens with one attached hydrogen (secondary N) is 1. The summed E-state index contributed by atoms with van der Waals surface area (Å²) in [5.74, 6) is 0.509. The summed E-state index contributed by atoms with van der Waals surface area (Å²) in [7, 11) is 1.62. The fourth-order valence-corrected chi connectivity index (χ4v) is 5.52. The number of carbonyl (C=O) groups is 2. The Hall–Kier alpha value is -3.13. The van der Waals surface area contributed by atoms with Gasteiger partial charge in [-0.25, -0.2) is 4.79 Å². The minimum absolute atomic E-state index is 0.0653. The Morgan fingerprint density at radius 2 is 2.23 bits per heavy atom. The van der Waals surface area contributed by atoms with Gasteiger partial charge in [0.1, 0.15) is 36.3 Å². The van der Waals surface area contributed by atoms with Gasteiger partial charge in [-0.05, 0) is 36.5 Å². The van der Waals surface area contributed by atoms with Gasteiger partial charge in [0, 0.05) is 17.8 Å². The number of nitriles is 1. The summed E-state index contributed by atoms with van der Waals surface area (Å²) in [6.07, 6.45) is 0.109. The molecule has 2 amide bonds. The standard InChI is InChI=1S/C25H29N3O6S/c1-15-4-5-21(31-3)19(8-15)16(2)9-23(29)27-24-20(10-26)18-6-7-28(11-22(18)35-24)25(30)33-13-17-12-32-14-34-17/h4-5,8,16-17H,6-7,9,11-14H2,1-3H3,(H,27,29). The van der Waals surface area contributed by atoms with Gasteiger partial charge in [-0.1, -0.05) is 24.6 Å². The van der Waals surface area contributed by atoms with E-state index >= 15 is 0 Å². The number of aryl methyl sites for hydroxylation is 1. The maximum absolute atomic E-state index is 12.9. The highest BCUT2D eigenvalue weighted by molar-refractivity contribution is 7.16. The molecule has 3 heterocycles. The molecule has 1 N–H and O–H groups in total. The summed E-state index contributed by atoms with van der Waals surface area (Å²) >= 11 is 1.34. The van der Waals surface area contributed by atoms with E-state index in [2.05, 4.69) is 11.4 Å². The van der Waals surface area contributed by atoms with E-state index in [0.29, 0.717) is 36.7 Å². The highest BCUT2D eigenvalue weighted by atomic mass is 32.1. The molecule has 4 rings (SSSR count). The maximum Gasteiger partial charge on any atom is 0.410 e. The van der Waals surface area contributed by atoms with Crippen molar-refractivity contribution in [1.82, 2.24) is 4.90 Å². The van der Waals surface area contributed by atoms with Crippen LogP contribution >= 0.6 is 11.3 Å². The molecule has 0 spiro atoms. The Balaban J connectivity index is 1.40. The molecule has 186 valence electrons.